The average molecular weight is 587 g/mol. The van der Waals surface area contributed by atoms with Crippen molar-refractivity contribution in [1.29, 1.82) is 5.26 Å². The number of hydrogen-bond acceptors (Lipinski definition) is 10. The molecule has 2 saturated heterocycles. The van der Waals surface area contributed by atoms with Gasteiger partial charge in [0.25, 0.3) is 0 Å². The van der Waals surface area contributed by atoms with E-state index in [-0.39, 0.29) is 42.7 Å². The van der Waals surface area contributed by atoms with Crippen molar-refractivity contribution in [2.24, 2.45) is 0 Å². The number of anilines is 2. The van der Waals surface area contributed by atoms with Crippen molar-refractivity contribution < 1.29 is 27.4 Å². The summed E-state index contributed by atoms with van der Waals surface area (Å²) < 4.78 is 49.6. The van der Waals surface area contributed by atoms with E-state index >= 15 is 0 Å². The maximum atomic E-state index is 13.1. The maximum absolute atomic E-state index is 13.1. The highest BCUT2D eigenvalue weighted by Crippen LogP contribution is 2.36. The molecule has 14 heteroatoms. The highest BCUT2D eigenvalue weighted by atomic mass is 19.4. The van der Waals surface area contributed by atoms with E-state index in [0.29, 0.717) is 50.7 Å². The number of halogens is 3. The number of hydrogen-bond donors (Lipinski definition) is 0. The van der Waals surface area contributed by atoms with Gasteiger partial charge in [0.2, 0.25) is 11.8 Å². The molecule has 224 valence electrons. The van der Waals surface area contributed by atoms with Gasteiger partial charge in [-0.15, -0.1) is 13.2 Å². The van der Waals surface area contributed by atoms with Crippen molar-refractivity contribution in [3.05, 3.63) is 42.2 Å². The van der Waals surface area contributed by atoms with Crippen LogP contribution < -0.4 is 19.3 Å². The first-order valence-corrected chi connectivity index (χ1v) is 13.9. The number of carbonyl (C=O) groups is 1. The number of fused-ring (bicyclic) bond motifs is 1. The molecule has 42 heavy (non-hydrogen) atoms. The number of likely N-dealkylation sites (tertiary alicyclic amines) is 1. The lowest BCUT2D eigenvalue weighted by molar-refractivity contribution is -0.275. The number of alkyl halides is 3. The third-order valence-corrected chi connectivity index (χ3v) is 7.97. The number of piperazine rings is 1. The molecule has 0 spiro atoms. The zero-order valence-corrected chi connectivity index (χ0v) is 23.4. The molecule has 1 unspecified atom stereocenters. The molecular weight excluding hydrogens is 553 g/mol. The highest BCUT2D eigenvalue weighted by molar-refractivity contribution is 5.87. The molecule has 3 aliphatic rings. The van der Waals surface area contributed by atoms with Crippen LogP contribution in [0.15, 0.2) is 31.0 Å². The van der Waals surface area contributed by atoms with E-state index in [9.17, 15) is 23.2 Å². The largest absolute Gasteiger partial charge is 0.574 e. The summed E-state index contributed by atoms with van der Waals surface area (Å²) in [7, 11) is 2.05. The Balaban J connectivity index is 1.46. The first-order chi connectivity index (χ1) is 20.2. The lowest BCUT2D eigenvalue weighted by atomic mass is 10.0. The smallest absolute Gasteiger partial charge is 0.462 e. The monoisotopic (exact) mass is 586 g/mol. The van der Waals surface area contributed by atoms with E-state index < -0.39 is 12.2 Å². The maximum Gasteiger partial charge on any atom is 0.574 e. The van der Waals surface area contributed by atoms with Crippen LogP contribution in [0.5, 0.6) is 11.9 Å². The van der Waals surface area contributed by atoms with Gasteiger partial charge >= 0.3 is 12.4 Å². The zero-order chi connectivity index (χ0) is 29.9. The minimum Gasteiger partial charge on any atom is -0.462 e. The van der Waals surface area contributed by atoms with Crippen molar-refractivity contribution in [2.45, 2.75) is 50.7 Å². The Morgan fingerprint density at radius 3 is 2.76 bits per heavy atom. The predicted octanol–water partition coefficient (Wildman–Crippen LogP) is 2.92. The third-order valence-electron chi connectivity index (χ3n) is 7.97. The molecule has 2 fully saturated rings. The number of nitriles is 1. The molecule has 5 heterocycles. The second-order valence-electron chi connectivity index (χ2n) is 10.6. The van der Waals surface area contributed by atoms with Crippen LogP contribution in [0.3, 0.4) is 0 Å². The van der Waals surface area contributed by atoms with Gasteiger partial charge in [-0.2, -0.15) is 15.2 Å². The molecule has 0 saturated carbocycles. The fraction of sp³-hybridized carbons (Fsp3) is 0.536. The average Bonchev–Trinajstić information content (AvgIpc) is 3.39. The van der Waals surface area contributed by atoms with Gasteiger partial charge in [0.1, 0.15) is 18.1 Å². The van der Waals surface area contributed by atoms with Crippen molar-refractivity contribution >= 4 is 17.4 Å². The lowest BCUT2D eigenvalue weighted by Crippen LogP contribution is -2.55. The standard InChI is InChI=1S/C28H33F3N8O3/c1-3-24(40)39-15-14-38(16-19(39)8-10-32)25-21-9-13-37(23-7-4-11-33-26(23)42-28(29,30)31)17-22(21)34-27(35-25)41-18-20-6-5-12-36(20)2/h3-4,7,11,19-20H,1,5-6,8-9,12-18H2,2H3/t19?,20-/m0/s1. The number of amides is 1. The number of nitrogens with zero attached hydrogens (tertiary/aromatic N) is 8. The predicted molar refractivity (Wildman–Crippen MR) is 147 cm³/mol. The number of carbonyl (C=O) groups excluding carboxylic acids is 1. The van der Waals surface area contributed by atoms with Crippen LogP contribution in [-0.2, 0) is 17.8 Å². The Bertz CT molecular complexity index is 1350. The van der Waals surface area contributed by atoms with Crippen molar-refractivity contribution in [3.8, 4) is 18.0 Å². The van der Waals surface area contributed by atoms with Gasteiger partial charge in [0, 0.05) is 44.0 Å². The lowest BCUT2D eigenvalue weighted by Gasteiger charge is -2.42. The van der Waals surface area contributed by atoms with Gasteiger partial charge in [0.15, 0.2) is 0 Å². The minimum atomic E-state index is -4.88. The van der Waals surface area contributed by atoms with Gasteiger partial charge < -0.3 is 29.1 Å². The molecule has 0 radical (unpaired) electrons. The van der Waals surface area contributed by atoms with Crippen molar-refractivity contribution in [2.75, 3.05) is 56.2 Å². The van der Waals surface area contributed by atoms with Crippen LogP contribution in [0.25, 0.3) is 0 Å². The summed E-state index contributed by atoms with van der Waals surface area (Å²) in [5.41, 5.74) is 1.70. The van der Waals surface area contributed by atoms with Crippen LogP contribution in [0.1, 0.15) is 30.5 Å². The molecule has 3 aliphatic heterocycles. The SMILES string of the molecule is C=CC(=O)N1CCN(c2nc(OC[C@@H]3CCCN3C)nc3c2CCN(c2cccnc2OC(F)(F)F)C3)CC1CC#N. The molecule has 0 bridgehead atoms. The summed E-state index contributed by atoms with van der Waals surface area (Å²) >= 11 is 0. The number of aromatic nitrogens is 3. The summed E-state index contributed by atoms with van der Waals surface area (Å²) in [6.45, 7) is 6.81. The molecule has 5 rings (SSSR count). The number of pyridine rings is 1. The Morgan fingerprint density at radius 2 is 2.05 bits per heavy atom. The van der Waals surface area contributed by atoms with Crippen LogP contribution in [0.2, 0.25) is 0 Å². The second kappa shape index (κ2) is 12.4. The molecular formula is C28H33F3N8O3. The summed E-state index contributed by atoms with van der Waals surface area (Å²) in [5, 5.41) is 9.44. The van der Waals surface area contributed by atoms with Crippen molar-refractivity contribution in [3.63, 3.8) is 0 Å². The van der Waals surface area contributed by atoms with Crippen LogP contribution in [-0.4, -0.2) is 95.5 Å². The topological polar surface area (TPSA) is 111 Å². The van der Waals surface area contributed by atoms with Crippen LogP contribution in [0, 0.1) is 11.3 Å². The Kier molecular flexibility index (Phi) is 8.67. The summed E-state index contributed by atoms with van der Waals surface area (Å²) in [6.07, 6.45) is 0.307. The first-order valence-electron chi connectivity index (χ1n) is 13.9. The van der Waals surface area contributed by atoms with Gasteiger partial charge in [0.05, 0.1) is 30.8 Å². The summed E-state index contributed by atoms with van der Waals surface area (Å²) in [5.74, 6) is -0.0971. The molecule has 2 atom stereocenters. The fourth-order valence-electron chi connectivity index (χ4n) is 5.83. The highest BCUT2D eigenvalue weighted by Gasteiger charge is 2.36. The third kappa shape index (κ3) is 6.51. The van der Waals surface area contributed by atoms with E-state index in [1.54, 1.807) is 15.9 Å². The quantitative estimate of drug-likeness (QED) is 0.428. The second-order valence-corrected chi connectivity index (χ2v) is 10.6. The van der Waals surface area contributed by atoms with Gasteiger partial charge in [-0.3, -0.25) is 4.79 Å². The van der Waals surface area contributed by atoms with Gasteiger partial charge in [-0.1, -0.05) is 6.58 Å². The van der Waals surface area contributed by atoms with E-state index in [1.165, 1.54) is 18.3 Å². The Morgan fingerprint density at radius 1 is 1.21 bits per heavy atom. The van der Waals surface area contributed by atoms with Gasteiger partial charge in [-0.05, 0) is 51.1 Å². The molecule has 0 N–H and O–H groups in total. The van der Waals surface area contributed by atoms with E-state index in [4.69, 9.17) is 14.7 Å². The number of likely N-dealkylation sites (N-methyl/N-ethyl adjacent to an activating group) is 1. The molecule has 0 aliphatic carbocycles. The Labute approximate surface area is 242 Å². The molecule has 11 nitrogen and oxygen atoms in total. The molecule has 1 amide bonds. The molecule has 2 aromatic rings. The van der Waals surface area contributed by atoms with Crippen molar-refractivity contribution in [1.82, 2.24) is 24.8 Å². The summed E-state index contributed by atoms with van der Waals surface area (Å²) in [4.78, 5) is 33.5. The summed E-state index contributed by atoms with van der Waals surface area (Å²) in [6, 6.07) is 5.34. The van der Waals surface area contributed by atoms with E-state index in [0.717, 1.165) is 24.9 Å². The normalized spacial score (nSPS) is 21.1. The number of rotatable bonds is 8. The first kappa shape index (κ1) is 29.4. The van der Waals surface area contributed by atoms with E-state index in [1.807, 2.05) is 11.9 Å². The fourth-order valence-corrected chi connectivity index (χ4v) is 5.83. The van der Waals surface area contributed by atoms with Crippen LogP contribution in [0.4, 0.5) is 24.7 Å². The molecule has 0 aromatic carbocycles. The van der Waals surface area contributed by atoms with Gasteiger partial charge in [-0.25, -0.2) is 4.98 Å². The zero-order valence-electron chi connectivity index (χ0n) is 23.4. The Hall–Kier alpha value is -4.12. The minimum absolute atomic E-state index is 0.150. The molecule has 2 aromatic heterocycles. The number of ether oxygens (including phenoxy) is 2. The van der Waals surface area contributed by atoms with Crippen LogP contribution >= 0.6 is 0 Å². The van der Waals surface area contributed by atoms with E-state index in [2.05, 4.69) is 27.3 Å².